The number of thiophene rings is 1. The normalized spacial score (nSPS) is 13.3. The van der Waals surface area contributed by atoms with Crippen LogP contribution in [0, 0.1) is 0 Å². The number of para-hydroxylation sites is 2. The van der Waals surface area contributed by atoms with E-state index in [1.165, 1.54) is 11.3 Å². The summed E-state index contributed by atoms with van der Waals surface area (Å²) in [5.41, 5.74) is 3.48. The van der Waals surface area contributed by atoms with Gasteiger partial charge in [0.25, 0.3) is 11.8 Å². The SMILES string of the molecule is O=C(NC1CC1)c1ccc(-c2ccc(C(=O)NCc3nc4ccccc4[nH]3)s2)cc1. The standard InChI is InChI=1S/C23H20N4O2S/c28-22(25-16-9-10-16)15-7-5-14(6-8-15)19-11-12-20(30-19)23(29)24-13-21-26-17-3-1-2-4-18(17)27-21/h1-8,11-12,16H,9-10,13H2,(H,24,29)(H,25,28)(H,26,27). The van der Waals surface area contributed by atoms with Gasteiger partial charge in [0.05, 0.1) is 22.5 Å². The molecular weight excluding hydrogens is 396 g/mol. The van der Waals surface area contributed by atoms with E-state index in [0.29, 0.717) is 23.0 Å². The first kappa shape index (κ1) is 18.6. The van der Waals surface area contributed by atoms with Crippen molar-refractivity contribution >= 4 is 34.2 Å². The summed E-state index contributed by atoms with van der Waals surface area (Å²) in [6.07, 6.45) is 2.14. The van der Waals surface area contributed by atoms with E-state index in [0.717, 1.165) is 40.1 Å². The predicted molar refractivity (Wildman–Crippen MR) is 118 cm³/mol. The van der Waals surface area contributed by atoms with Gasteiger partial charge in [0, 0.05) is 16.5 Å². The van der Waals surface area contributed by atoms with Crippen molar-refractivity contribution in [2.24, 2.45) is 0 Å². The number of fused-ring (bicyclic) bond motifs is 1. The molecule has 1 aliphatic carbocycles. The number of amides is 2. The van der Waals surface area contributed by atoms with Gasteiger partial charge in [-0.1, -0.05) is 24.3 Å². The molecule has 3 N–H and O–H groups in total. The second kappa shape index (κ2) is 7.76. The van der Waals surface area contributed by atoms with Gasteiger partial charge in [-0.25, -0.2) is 4.98 Å². The van der Waals surface area contributed by atoms with E-state index < -0.39 is 0 Å². The number of hydrogen-bond acceptors (Lipinski definition) is 4. The summed E-state index contributed by atoms with van der Waals surface area (Å²) in [5.74, 6) is 0.564. The number of H-pyrrole nitrogens is 1. The van der Waals surface area contributed by atoms with Crippen molar-refractivity contribution < 1.29 is 9.59 Å². The maximum atomic E-state index is 12.5. The molecule has 0 radical (unpaired) electrons. The van der Waals surface area contributed by atoms with Crippen LogP contribution in [0.3, 0.4) is 0 Å². The Morgan fingerprint density at radius 1 is 1.00 bits per heavy atom. The molecule has 4 aromatic rings. The highest BCUT2D eigenvalue weighted by Gasteiger charge is 2.23. The maximum Gasteiger partial charge on any atom is 0.261 e. The third kappa shape index (κ3) is 3.97. The van der Waals surface area contributed by atoms with Gasteiger partial charge in [-0.3, -0.25) is 9.59 Å². The predicted octanol–water partition coefficient (Wildman–Crippen LogP) is 4.11. The first-order valence-corrected chi connectivity index (χ1v) is 10.7. The molecule has 2 heterocycles. The number of carbonyl (C=O) groups is 2. The van der Waals surface area contributed by atoms with Gasteiger partial charge < -0.3 is 15.6 Å². The molecule has 0 aliphatic heterocycles. The van der Waals surface area contributed by atoms with Crippen molar-refractivity contribution in [3.63, 3.8) is 0 Å². The first-order valence-electron chi connectivity index (χ1n) is 9.89. The van der Waals surface area contributed by atoms with Crippen LogP contribution in [0.4, 0.5) is 0 Å². The molecule has 6 nitrogen and oxygen atoms in total. The summed E-state index contributed by atoms with van der Waals surface area (Å²) < 4.78 is 0. The molecule has 1 fully saturated rings. The summed E-state index contributed by atoms with van der Waals surface area (Å²) in [6, 6.07) is 19.4. The minimum Gasteiger partial charge on any atom is -0.349 e. The Hall–Kier alpha value is -3.45. The molecule has 0 unspecified atom stereocenters. The number of imidazole rings is 1. The summed E-state index contributed by atoms with van der Waals surface area (Å²) in [7, 11) is 0. The molecule has 0 spiro atoms. The zero-order valence-electron chi connectivity index (χ0n) is 16.1. The molecule has 2 aromatic heterocycles. The van der Waals surface area contributed by atoms with Gasteiger partial charge in [0.2, 0.25) is 0 Å². The molecule has 5 rings (SSSR count). The van der Waals surface area contributed by atoms with E-state index in [4.69, 9.17) is 0 Å². The highest BCUT2D eigenvalue weighted by Crippen LogP contribution is 2.28. The second-order valence-electron chi connectivity index (χ2n) is 7.37. The molecular formula is C23H20N4O2S. The van der Waals surface area contributed by atoms with Crippen molar-refractivity contribution in [1.29, 1.82) is 0 Å². The zero-order chi connectivity index (χ0) is 20.5. The number of aromatic amines is 1. The van der Waals surface area contributed by atoms with Gasteiger partial charge in [0.1, 0.15) is 5.82 Å². The lowest BCUT2D eigenvalue weighted by atomic mass is 10.1. The fraction of sp³-hybridized carbons (Fsp3) is 0.174. The molecule has 1 saturated carbocycles. The Morgan fingerprint density at radius 2 is 1.80 bits per heavy atom. The van der Waals surface area contributed by atoms with Crippen LogP contribution in [-0.4, -0.2) is 27.8 Å². The third-order valence-corrected chi connectivity index (χ3v) is 6.16. The maximum absolute atomic E-state index is 12.5. The van der Waals surface area contributed by atoms with Crippen LogP contribution >= 0.6 is 11.3 Å². The lowest BCUT2D eigenvalue weighted by molar-refractivity contribution is 0.0944. The van der Waals surface area contributed by atoms with Crippen molar-refractivity contribution in [3.05, 3.63) is 76.9 Å². The van der Waals surface area contributed by atoms with E-state index in [1.807, 2.05) is 60.7 Å². The molecule has 30 heavy (non-hydrogen) atoms. The molecule has 2 aromatic carbocycles. The monoisotopic (exact) mass is 416 g/mol. The fourth-order valence-electron chi connectivity index (χ4n) is 3.24. The van der Waals surface area contributed by atoms with Crippen LogP contribution in [0.1, 0.15) is 38.7 Å². The number of hydrogen-bond donors (Lipinski definition) is 3. The highest BCUT2D eigenvalue weighted by molar-refractivity contribution is 7.17. The van der Waals surface area contributed by atoms with Crippen LogP contribution < -0.4 is 10.6 Å². The zero-order valence-corrected chi connectivity index (χ0v) is 17.0. The summed E-state index contributed by atoms with van der Waals surface area (Å²) >= 11 is 1.43. The Morgan fingerprint density at radius 3 is 2.57 bits per heavy atom. The largest absolute Gasteiger partial charge is 0.349 e. The lowest BCUT2D eigenvalue weighted by Crippen LogP contribution is -2.25. The van der Waals surface area contributed by atoms with Gasteiger partial charge >= 0.3 is 0 Å². The van der Waals surface area contributed by atoms with Crippen molar-refractivity contribution in [2.45, 2.75) is 25.4 Å². The third-order valence-electron chi connectivity index (χ3n) is 5.03. The Balaban J connectivity index is 1.23. The number of aromatic nitrogens is 2. The van der Waals surface area contributed by atoms with E-state index in [2.05, 4.69) is 20.6 Å². The lowest BCUT2D eigenvalue weighted by Gasteiger charge is -2.04. The quantitative estimate of drug-likeness (QED) is 0.442. The van der Waals surface area contributed by atoms with Gasteiger partial charge in [-0.05, 0) is 54.8 Å². The summed E-state index contributed by atoms with van der Waals surface area (Å²) in [4.78, 5) is 34.0. The first-order chi connectivity index (χ1) is 14.7. The van der Waals surface area contributed by atoms with Crippen LogP contribution in [0.5, 0.6) is 0 Å². The molecule has 0 bridgehead atoms. The smallest absolute Gasteiger partial charge is 0.261 e. The molecule has 7 heteroatoms. The minimum absolute atomic E-state index is 0.0270. The van der Waals surface area contributed by atoms with Crippen LogP contribution in [0.2, 0.25) is 0 Å². The molecule has 0 saturated heterocycles. The number of nitrogens with one attached hydrogen (secondary N) is 3. The van der Waals surface area contributed by atoms with E-state index in [-0.39, 0.29) is 11.8 Å². The Kier molecular flexibility index (Phi) is 4.80. The summed E-state index contributed by atoms with van der Waals surface area (Å²) in [6.45, 7) is 0.339. The number of benzene rings is 2. The van der Waals surface area contributed by atoms with Gasteiger partial charge in [-0.2, -0.15) is 0 Å². The van der Waals surface area contributed by atoms with Crippen molar-refractivity contribution in [1.82, 2.24) is 20.6 Å². The number of rotatable bonds is 6. The highest BCUT2D eigenvalue weighted by atomic mass is 32.1. The van der Waals surface area contributed by atoms with Crippen molar-refractivity contribution in [2.75, 3.05) is 0 Å². The Bertz CT molecular complexity index is 1190. The van der Waals surface area contributed by atoms with Crippen LogP contribution in [0.25, 0.3) is 21.5 Å². The molecule has 1 aliphatic rings. The van der Waals surface area contributed by atoms with Crippen LogP contribution in [-0.2, 0) is 6.54 Å². The molecule has 150 valence electrons. The second-order valence-corrected chi connectivity index (χ2v) is 8.46. The number of carbonyl (C=O) groups excluding carboxylic acids is 2. The average Bonchev–Trinajstić information content (AvgIpc) is 3.28. The van der Waals surface area contributed by atoms with E-state index in [9.17, 15) is 9.59 Å². The minimum atomic E-state index is -0.132. The van der Waals surface area contributed by atoms with Gasteiger partial charge in [-0.15, -0.1) is 11.3 Å². The van der Waals surface area contributed by atoms with Crippen molar-refractivity contribution in [3.8, 4) is 10.4 Å². The van der Waals surface area contributed by atoms with E-state index in [1.54, 1.807) is 0 Å². The van der Waals surface area contributed by atoms with E-state index >= 15 is 0 Å². The number of nitrogens with zero attached hydrogens (tertiary/aromatic N) is 1. The fourth-order valence-corrected chi connectivity index (χ4v) is 4.17. The molecule has 2 amide bonds. The summed E-state index contributed by atoms with van der Waals surface area (Å²) in [5, 5.41) is 5.90. The van der Waals surface area contributed by atoms with Crippen LogP contribution in [0.15, 0.2) is 60.7 Å². The van der Waals surface area contributed by atoms with Gasteiger partial charge in [0.15, 0.2) is 0 Å². The Labute approximate surface area is 177 Å². The molecule has 0 atom stereocenters. The average molecular weight is 417 g/mol. The topological polar surface area (TPSA) is 86.9 Å².